The van der Waals surface area contributed by atoms with Crippen molar-refractivity contribution in [3.05, 3.63) is 83.2 Å². The van der Waals surface area contributed by atoms with Crippen LogP contribution in [0.4, 0.5) is 5.95 Å². The number of carbonyl (C=O) groups excluding carboxylic acids is 2. The molecule has 0 saturated carbocycles. The lowest BCUT2D eigenvalue weighted by Gasteiger charge is -2.23. The van der Waals surface area contributed by atoms with Crippen molar-refractivity contribution in [1.82, 2.24) is 9.97 Å². The van der Waals surface area contributed by atoms with Gasteiger partial charge in [0.25, 0.3) is 0 Å². The van der Waals surface area contributed by atoms with Crippen molar-refractivity contribution < 1.29 is 14.3 Å². The summed E-state index contributed by atoms with van der Waals surface area (Å²) in [5, 5.41) is 2.74. The molecular weight excluding hydrogens is 366 g/mol. The Hall–Kier alpha value is -3.54. The maximum Gasteiger partial charge on any atom is 0.231 e. The van der Waals surface area contributed by atoms with Crippen molar-refractivity contribution >= 4 is 17.6 Å². The van der Waals surface area contributed by atoms with Crippen molar-refractivity contribution in [2.24, 2.45) is 0 Å². The number of anilines is 1. The van der Waals surface area contributed by atoms with Crippen LogP contribution >= 0.6 is 0 Å². The van der Waals surface area contributed by atoms with Crippen molar-refractivity contribution in [2.75, 3.05) is 12.4 Å². The Bertz CT molecular complexity index is 1030. The van der Waals surface area contributed by atoms with Crippen LogP contribution in [-0.2, 0) is 17.6 Å². The highest BCUT2D eigenvalue weighted by Crippen LogP contribution is 2.32. The van der Waals surface area contributed by atoms with E-state index in [0.717, 1.165) is 16.9 Å². The molecule has 0 fully saturated rings. The number of nitrogens with one attached hydrogen (secondary N) is 1. The van der Waals surface area contributed by atoms with Gasteiger partial charge in [-0.05, 0) is 35.6 Å². The Labute approximate surface area is 169 Å². The molecular formula is C23H21N3O3. The number of aromatic nitrogens is 2. The summed E-state index contributed by atoms with van der Waals surface area (Å²) in [5.41, 5.74) is 3.19. The summed E-state index contributed by atoms with van der Waals surface area (Å²) >= 11 is 0. The third-order valence-electron chi connectivity index (χ3n) is 5.09. The van der Waals surface area contributed by atoms with E-state index in [2.05, 4.69) is 15.3 Å². The molecule has 6 heteroatoms. The van der Waals surface area contributed by atoms with Crippen LogP contribution in [-0.4, -0.2) is 28.8 Å². The summed E-state index contributed by atoms with van der Waals surface area (Å²) in [6, 6.07) is 17.2. The topological polar surface area (TPSA) is 81.2 Å². The smallest absolute Gasteiger partial charge is 0.231 e. The lowest BCUT2D eigenvalue weighted by atomic mass is 9.82. The first-order valence-electron chi connectivity index (χ1n) is 9.49. The standard InChI is InChI=1S/C23H21N3O3/c1-29-18-9-7-16(8-10-18)17-12-20-19(21(27)13-17)14-24-23(25-20)26-22(28)11-15-5-3-2-4-6-15/h2-10,14,17H,11-13H2,1H3,(H,24,25,26,28)/t17-/m1/s1. The van der Waals surface area contributed by atoms with Crippen molar-refractivity contribution in [3.63, 3.8) is 0 Å². The summed E-state index contributed by atoms with van der Waals surface area (Å²) in [7, 11) is 1.62. The minimum absolute atomic E-state index is 0.0224. The van der Waals surface area contributed by atoms with Crippen LogP contribution in [0.15, 0.2) is 60.8 Å². The number of fused-ring (bicyclic) bond motifs is 1. The quantitative estimate of drug-likeness (QED) is 0.724. The first-order valence-corrected chi connectivity index (χ1v) is 9.49. The largest absolute Gasteiger partial charge is 0.497 e. The zero-order chi connectivity index (χ0) is 20.2. The molecule has 1 aromatic heterocycles. The third-order valence-corrected chi connectivity index (χ3v) is 5.09. The van der Waals surface area contributed by atoms with Crippen LogP contribution in [0.1, 0.15) is 39.5 Å². The Balaban J connectivity index is 1.50. The number of hydrogen-bond donors (Lipinski definition) is 1. The summed E-state index contributed by atoms with van der Waals surface area (Å²) < 4.78 is 5.20. The second kappa shape index (κ2) is 8.22. The van der Waals surface area contributed by atoms with Gasteiger partial charge < -0.3 is 4.74 Å². The molecule has 0 bridgehead atoms. The van der Waals surface area contributed by atoms with E-state index in [-0.39, 0.29) is 30.0 Å². The monoisotopic (exact) mass is 387 g/mol. The summed E-state index contributed by atoms with van der Waals surface area (Å²) in [4.78, 5) is 33.5. The SMILES string of the molecule is COc1ccc([C@H]2CC(=O)c3cnc(NC(=O)Cc4ccccc4)nc3C2)cc1. The van der Waals surface area contributed by atoms with Gasteiger partial charge in [0.15, 0.2) is 5.78 Å². The molecule has 0 radical (unpaired) electrons. The molecule has 1 heterocycles. The molecule has 1 N–H and O–H groups in total. The van der Waals surface area contributed by atoms with E-state index in [9.17, 15) is 9.59 Å². The minimum Gasteiger partial charge on any atom is -0.497 e. The summed E-state index contributed by atoms with van der Waals surface area (Å²) in [6.45, 7) is 0. The molecule has 0 aliphatic heterocycles. The van der Waals surface area contributed by atoms with Gasteiger partial charge in [-0.1, -0.05) is 42.5 Å². The molecule has 1 aliphatic carbocycles. The minimum atomic E-state index is -0.190. The molecule has 6 nitrogen and oxygen atoms in total. The van der Waals surface area contributed by atoms with E-state index in [1.807, 2.05) is 54.6 Å². The van der Waals surface area contributed by atoms with Gasteiger partial charge in [0.2, 0.25) is 11.9 Å². The van der Waals surface area contributed by atoms with Crippen molar-refractivity contribution in [3.8, 4) is 5.75 Å². The number of amides is 1. The molecule has 1 amide bonds. The van der Waals surface area contributed by atoms with Gasteiger partial charge in [0, 0.05) is 12.6 Å². The first-order chi connectivity index (χ1) is 14.1. The van der Waals surface area contributed by atoms with Crippen molar-refractivity contribution in [1.29, 1.82) is 0 Å². The van der Waals surface area contributed by atoms with Crippen LogP contribution in [0, 0.1) is 0 Å². The van der Waals surface area contributed by atoms with Gasteiger partial charge in [-0.15, -0.1) is 0 Å². The molecule has 2 aromatic carbocycles. The highest BCUT2D eigenvalue weighted by Gasteiger charge is 2.28. The molecule has 1 aliphatic rings. The van der Waals surface area contributed by atoms with E-state index < -0.39 is 0 Å². The molecule has 0 saturated heterocycles. The van der Waals surface area contributed by atoms with E-state index in [1.54, 1.807) is 7.11 Å². The zero-order valence-corrected chi connectivity index (χ0v) is 16.1. The van der Waals surface area contributed by atoms with Crippen molar-refractivity contribution in [2.45, 2.75) is 25.2 Å². The summed E-state index contributed by atoms with van der Waals surface area (Å²) in [5.74, 6) is 0.887. The van der Waals surface area contributed by atoms with E-state index in [0.29, 0.717) is 24.1 Å². The van der Waals surface area contributed by atoms with E-state index in [4.69, 9.17) is 4.74 Å². The average Bonchev–Trinajstić information content (AvgIpc) is 2.74. The maximum atomic E-state index is 12.6. The molecule has 0 unspecified atom stereocenters. The Kier molecular flexibility index (Phi) is 5.33. The number of Topliss-reactive ketones (excluding diaryl/α,β-unsaturated/α-hetero) is 1. The molecule has 29 heavy (non-hydrogen) atoms. The van der Waals surface area contributed by atoms with Crippen LogP contribution in [0.5, 0.6) is 5.75 Å². The zero-order valence-electron chi connectivity index (χ0n) is 16.1. The number of hydrogen-bond acceptors (Lipinski definition) is 5. The van der Waals surface area contributed by atoms with Gasteiger partial charge in [-0.25, -0.2) is 9.97 Å². The number of benzene rings is 2. The normalized spacial score (nSPS) is 15.5. The predicted octanol–water partition coefficient (Wildman–Crippen LogP) is 3.58. The molecule has 4 rings (SSSR count). The second-order valence-electron chi connectivity index (χ2n) is 7.07. The van der Waals surface area contributed by atoms with Crippen LogP contribution in [0.3, 0.4) is 0 Å². The van der Waals surface area contributed by atoms with Gasteiger partial charge in [-0.2, -0.15) is 0 Å². The van der Waals surface area contributed by atoms with E-state index >= 15 is 0 Å². The fourth-order valence-corrected chi connectivity index (χ4v) is 3.57. The number of rotatable bonds is 5. The molecule has 3 aromatic rings. The third kappa shape index (κ3) is 4.32. The number of ketones is 1. The Morgan fingerprint density at radius 1 is 1.10 bits per heavy atom. The van der Waals surface area contributed by atoms with Crippen LogP contribution in [0.25, 0.3) is 0 Å². The van der Waals surface area contributed by atoms with Gasteiger partial charge in [0.1, 0.15) is 5.75 Å². The van der Waals surface area contributed by atoms with Crippen LogP contribution < -0.4 is 10.1 Å². The number of carbonyl (C=O) groups is 2. The Morgan fingerprint density at radius 2 is 1.86 bits per heavy atom. The average molecular weight is 387 g/mol. The lowest BCUT2D eigenvalue weighted by molar-refractivity contribution is -0.115. The molecule has 0 spiro atoms. The summed E-state index contributed by atoms with van der Waals surface area (Å²) in [6.07, 6.45) is 2.81. The highest BCUT2D eigenvalue weighted by molar-refractivity contribution is 5.99. The van der Waals surface area contributed by atoms with Crippen LogP contribution in [0.2, 0.25) is 0 Å². The number of ether oxygens (including phenoxy) is 1. The maximum absolute atomic E-state index is 12.6. The van der Waals surface area contributed by atoms with E-state index in [1.165, 1.54) is 6.20 Å². The number of methoxy groups -OCH3 is 1. The number of nitrogens with zero attached hydrogens (tertiary/aromatic N) is 2. The fourth-order valence-electron chi connectivity index (χ4n) is 3.57. The van der Waals surface area contributed by atoms with Gasteiger partial charge >= 0.3 is 0 Å². The molecule has 146 valence electrons. The molecule has 1 atom stereocenters. The highest BCUT2D eigenvalue weighted by atomic mass is 16.5. The van der Waals surface area contributed by atoms with Gasteiger partial charge in [0.05, 0.1) is 24.8 Å². The predicted molar refractivity (Wildman–Crippen MR) is 109 cm³/mol. The fraction of sp³-hybridized carbons (Fsp3) is 0.217. The lowest BCUT2D eigenvalue weighted by Crippen LogP contribution is -2.23. The first kappa shape index (κ1) is 18.8. The second-order valence-corrected chi connectivity index (χ2v) is 7.07. The Morgan fingerprint density at radius 3 is 2.59 bits per heavy atom. The van der Waals surface area contributed by atoms with Gasteiger partial charge in [-0.3, -0.25) is 14.9 Å².